The van der Waals surface area contributed by atoms with Crippen LogP contribution in [0.25, 0.3) is 0 Å². The standard InChI is InChI=1S/C25H23Br2F3N4O5S/c1-4-38-23(36)16-11(3)19(24(37)39-5-2)40-22(16)32-21(35)18-17(27)20-31-14(12-6-8-13(26)9-7-12)10-15(25(28,29)30)34(20)33-18/h6-9,14-15,31H,4-5,10H2,1-3H3,(H,32,35)/t14-,15+/m1/s1. The normalized spacial score (nSPS) is 16.6. The molecule has 1 aliphatic heterocycles. The van der Waals surface area contributed by atoms with Crippen LogP contribution in [0, 0.1) is 6.92 Å². The zero-order chi connectivity index (χ0) is 29.4. The monoisotopic (exact) mass is 706 g/mol. The predicted molar refractivity (Wildman–Crippen MR) is 149 cm³/mol. The quantitative estimate of drug-likeness (QED) is 0.253. The van der Waals surface area contributed by atoms with E-state index in [9.17, 15) is 27.6 Å². The van der Waals surface area contributed by atoms with Crippen LogP contribution in [0.5, 0.6) is 0 Å². The number of halogens is 5. The number of ether oxygens (including phenoxy) is 2. The SMILES string of the molecule is CCOC(=O)c1sc(NC(=O)c2nn3c(c2Br)N[C@@H](c2ccc(Br)cc2)C[C@H]3C(F)(F)F)c(C(=O)OCC)c1C. The lowest BCUT2D eigenvalue weighted by Gasteiger charge is -2.33. The molecule has 214 valence electrons. The molecule has 1 amide bonds. The first kappa shape index (κ1) is 30.1. The number of benzene rings is 1. The second-order valence-electron chi connectivity index (χ2n) is 8.65. The van der Waals surface area contributed by atoms with E-state index in [1.807, 2.05) is 0 Å². The summed E-state index contributed by atoms with van der Waals surface area (Å²) in [5.74, 6) is -2.38. The summed E-state index contributed by atoms with van der Waals surface area (Å²) in [5, 5.41) is 9.57. The third-order valence-corrected chi connectivity index (χ3v) is 8.56. The lowest BCUT2D eigenvalue weighted by molar-refractivity contribution is -0.173. The lowest BCUT2D eigenvalue weighted by Crippen LogP contribution is -2.35. The zero-order valence-electron chi connectivity index (χ0n) is 21.3. The fourth-order valence-electron chi connectivity index (χ4n) is 4.25. The van der Waals surface area contributed by atoms with E-state index in [4.69, 9.17) is 9.47 Å². The highest BCUT2D eigenvalue weighted by Gasteiger charge is 2.48. The van der Waals surface area contributed by atoms with E-state index in [1.165, 1.54) is 6.92 Å². The van der Waals surface area contributed by atoms with Crippen molar-refractivity contribution >= 4 is 71.9 Å². The largest absolute Gasteiger partial charge is 0.462 e. The van der Waals surface area contributed by atoms with Gasteiger partial charge in [-0.05, 0) is 60.0 Å². The number of anilines is 2. The van der Waals surface area contributed by atoms with Gasteiger partial charge in [-0.3, -0.25) is 4.79 Å². The molecule has 1 aliphatic rings. The summed E-state index contributed by atoms with van der Waals surface area (Å²) in [7, 11) is 0. The summed E-state index contributed by atoms with van der Waals surface area (Å²) in [6.07, 6.45) is -5.01. The van der Waals surface area contributed by atoms with E-state index in [0.29, 0.717) is 5.56 Å². The Labute approximate surface area is 247 Å². The van der Waals surface area contributed by atoms with Crippen molar-refractivity contribution in [3.63, 3.8) is 0 Å². The summed E-state index contributed by atoms with van der Waals surface area (Å²) in [5.41, 5.74) is 0.482. The van der Waals surface area contributed by atoms with Crippen molar-refractivity contribution in [1.82, 2.24) is 9.78 Å². The van der Waals surface area contributed by atoms with Crippen LogP contribution in [-0.4, -0.2) is 47.0 Å². The molecule has 2 N–H and O–H groups in total. The van der Waals surface area contributed by atoms with E-state index in [1.54, 1.807) is 38.1 Å². The number of nitrogens with one attached hydrogen (secondary N) is 2. The molecule has 40 heavy (non-hydrogen) atoms. The van der Waals surface area contributed by atoms with Crippen LogP contribution in [0.1, 0.15) is 74.0 Å². The van der Waals surface area contributed by atoms with E-state index in [2.05, 4.69) is 47.6 Å². The zero-order valence-corrected chi connectivity index (χ0v) is 25.3. The van der Waals surface area contributed by atoms with Crippen molar-refractivity contribution in [2.45, 2.75) is 45.5 Å². The fourth-order valence-corrected chi connectivity index (χ4v) is 6.16. The van der Waals surface area contributed by atoms with Gasteiger partial charge in [0.2, 0.25) is 0 Å². The predicted octanol–water partition coefficient (Wildman–Crippen LogP) is 7.04. The molecule has 0 bridgehead atoms. The van der Waals surface area contributed by atoms with Gasteiger partial charge in [0.1, 0.15) is 15.7 Å². The average Bonchev–Trinajstić information content (AvgIpc) is 3.40. The van der Waals surface area contributed by atoms with Crippen LogP contribution in [0.2, 0.25) is 0 Å². The molecule has 0 unspecified atom stereocenters. The van der Waals surface area contributed by atoms with Gasteiger partial charge in [-0.25, -0.2) is 14.3 Å². The van der Waals surface area contributed by atoms with Gasteiger partial charge in [0, 0.05) is 10.9 Å². The summed E-state index contributed by atoms with van der Waals surface area (Å²) in [4.78, 5) is 38.6. The molecular formula is C25H23Br2F3N4O5S. The highest BCUT2D eigenvalue weighted by molar-refractivity contribution is 9.11. The Bertz CT molecular complexity index is 1460. The molecule has 0 radical (unpaired) electrons. The van der Waals surface area contributed by atoms with Crippen LogP contribution in [0.15, 0.2) is 33.2 Å². The minimum atomic E-state index is -4.65. The van der Waals surface area contributed by atoms with Crippen LogP contribution in [0.4, 0.5) is 24.0 Å². The molecule has 0 fully saturated rings. The van der Waals surface area contributed by atoms with E-state index >= 15 is 0 Å². The molecule has 0 saturated heterocycles. The second-order valence-corrected chi connectivity index (χ2v) is 11.4. The number of nitrogens with zero attached hydrogens (tertiary/aromatic N) is 2. The Kier molecular flexibility index (Phi) is 8.95. The minimum absolute atomic E-state index is 0.0117. The Balaban J connectivity index is 1.72. The highest BCUT2D eigenvalue weighted by Crippen LogP contribution is 2.46. The summed E-state index contributed by atoms with van der Waals surface area (Å²) < 4.78 is 54.1. The van der Waals surface area contributed by atoms with Crippen molar-refractivity contribution in [3.8, 4) is 0 Å². The maximum Gasteiger partial charge on any atom is 0.410 e. The number of amides is 1. The van der Waals surface area contributed by atoms with Crippen molar-refractivity contribution in [2.24, 2.45) is 0 Å². The topological polar surface area (TPSA) is 112 Å². The summed E-state index contributed by atoms with van der Waals surface area (Å²) in [6, 6.07) is 4.16. The van der Waals surface area contributed by atoms with Gasteiger partial charge in [0.15, 0.2) is 11.7 Å². The van der Waals surface area contributed by atoms with Gasteiger partial charge in [0.05, 0.1) is 29.3 Å². The highest BCUT2D eigenvalue weighted by atomic mass is 79.9. The fraction of sp³-hybridized carbons (Fsp3) is 0.360. The Morgan fingerprint density at radius 2 is 1.75 bits per heavy atom. The average molecular weight is 708 g/mol. The molecule has 2 atom stereocenters. The van der Waals surface area contributed by atoms with Crippen LogP contribution >= 0.6 is 43.2 Å². The first-order chi connectivity index (χ1) is 18.9. The van der Waals surface area contributed by atoms with E-state index < -0.39 is 36.1 Å². The summed E-state index contributed by atoms with van der Waals surface area (Å²) in [6.45, 7) is 4.86. The maximum absolute atomic E-state index is 14.2. The number of aromatic nitrogens is 2. The number of fused-ring (bicyclic) bond motifs is 1. The smallest absolute Gasteiger partial charge is 0.410 e. The lowest BCUT2D eigenvalue weighted by atomic mass is 9.97. The second kappa shape index (κ2) is 11.9. The Hall–Kier alpha value is -2.91. The number of carbonyl (C=O) groups excluding carboxylic acids is 3. The number of hydrogen-bond acceptors (Lipinski definition) is 8. The molecule has 15 heteroatoms. The van der Waals surface area contributed by atoms with E-state index in [-0.39, 0.29) is 56.6 Å². The Morgan fingerprint density at radius 1 is 1.12 bits per heavy atom. The first-order valence-corrected chi connectivity index (χ1v) is 14.4. The molecule has 0 aliphatic carbocycles. The van der Waals surface area contributed by atoms with Crippen molar-refractivity contribution < 1.29 is 37.0 Å². The van der Waals surface area contributed by atoms with Gasteiger partial charge in [0.25, 0.3) is 5.91 Å². The molecule has 3 heterocycles. The number of esters is 2. The van der Waals surface area contributed by atoms with E-state index in [0.717, 1.165) is 20.5 Å². The minimum Gasteiger partial charge on any atom is -0.462 e. The van der Waals surface area contributed by atoms with Crippen LogP contribution in [0.3, 0.4) is 0 Å². The van der Waals surface area contributed by atoms with Crippen LogP contribution < -0.4 is 10.6 Å². The number of rotatable bonds is 7. The number of thiophene rings is 1. The molecule has 1 aromatic carbocycles. The van der Waals surface area contributed by atoms with Crippen LogP contribution in [-0.2, 0) is 9.47 Å². The van der Waals surface area contributed by atoms with Gasteiger partial charge in [-0.15, -0.1) is 11.3 Å². The molecular weight excluding hydrogens is 685 g/mol. The van der Waals surface area contributed by atoms with Gasteiger partial charge in [-0.2, -0.15) is 18.3 Å². The summed E-state index contributed by atoms with van der Waals surface area (Å²) >= 11 is 7.37. The molecule has 2 aromatic heterocycles. The molecule has 0 spiro atoms. The number of hydrogen-bond donors (Lipinski definition) is 2. The van der Waals surface area contributed by atoms with Crippen molar-refractivity contribution in [2.75, 3.05) is 23.8 Å². The first-order valence-electron chi connectivity index (χ1n) is 12.0. The maximum atomic E-state index is 14.2. The van der Waals surface area contributed by atoms with Gasteiger partial charge < -0.3 is 20.1 Å². The van der Waals surface area contributed by atoms with Gasteiger partial charge >= 0.3 is 18.1 Å². The third-order valence-electron chi connectivity index (χ3n) is 6.10. The van der Waals surface area contributed by atoms with Crippen molar-refractivity contribution in [1.29, 1.82) is 0 Å². The molecule has 4 rings (SSSR count). The third kappa shape index (κ3) is 5.91. The van der Waals surface area contributed by atoms with Gasteiger partial charge in [-0.1, -0.05) is 28.1 Å². The number of carbonyl (C=O) groups is 3. The van der Waals surface area contributed by atoms with Crippen molar-refractivity contribution in [3.05, 3.63) is 60.5 Å². The molecule has 0 saturated carbocycles. The number of alkyl halides is 3. The molecule has 9 nitrogen and oxygen atoms in total. The Morgan fingerprint density at radius 3 is 2.35 bits per heavy atom. The molecule has 3 aromatic rings.